The molecule has 2 aliphatic rings. The summed E-state index contributed by atoms with van der Waals surface area (Å²) < 4.78 is 8.70. The minimum absolute atomic E-state index is 0.0754. The van der Waals surface area contributed by atoms with E-state index in [4.69, 9.17) is 4.74 Å². The average molecular weight is 615 g/mol. The highest BCUT2D eigenvalue weighted by Gasteiger charge is 2.29. The number of unbranched alkanes of at least 4 members (excludes halogenated alkanes) is 1. The number of ether oxygens (including phenoxy) is 1. The first-order valence-corrected chi connectivity index (χ1v) is 12.8. The van der Waals surface area contributed by atoms with E-state index in [9.17, 15) is 9.59 Å². The van der Waals surface area contributed by atoms with Crippen molar-refractivity contribution in [3.8, 4) is 16.9 Å². The molecule has 0 heterocycles. The van der Waals surface area contributed by atoms with E-state index in [1.807, 2.05) is 36.4 Å². The van der Waals surface area contributed by atoms with Gasteiger partial charge in [-0.05, 0) is 42.8 Å². The van der Waals surface area contributed by atoms with Gasteiger partial charge in [-0.1, -0.05) is 61.1 Å². The smallest absolute Gasteiger partial charge is 0.194 e. The SMILES string of the molecule is CCCCOc1c2cc(Br)cc3c(=O)c4cc(Br)cc5c4-c(c23)c2c1cc(Br)cc2c5=O. The van der Waals surface area contributed by atoms with Gasteiger partial charge in [0.2, 0.25) is 0 Å². The molecule has 0 spiro atoms. The zero-order valence-electron chi connectivity index (χ0n) is 16.9. The van der Waals surface area contributed by atoms with Crippen molar-refractivity contribution in [2.24, 2.45) is 0 Å². The zero-order chi connectivity index (χ0) is 22.3. The van der Waals surface area contributed by atoms with Gasteiger partial charge < -0.3 is 4.74 Å². The molecule has 6 rings (SSSR count). The lowest BCUT2D eigenvalue weighted by atomic mass is 9.80. The molecule has 0 unspecified atom stereocenters. The molecule has 0 saturated heterocycles. The van der Waals surface area contributed by atoms with Gasteiger partial charge in [-0.3, -0.25) is 9.59 Å². The molecule has 0 bridgehead atoms. The Kier molecular flexibility index (Phi) is 4.66. The van der Waals surface area contributed by atoms with Crippen LogP contribution in [0.3, 0.4) is 0 Å². The van der Waals surface area contributed by atoms with Crippen molar-refractivity contribution in [3.63, 3.8) is 0 Å². The summed E-state index contributed by atoms with van der Waals surface area (Å²) in [6.07, 6.45) is 1.94. The molecule has 158 valence electrons. The summed E-state index contributed by atoms with van der Waals surface area (Å²) in [5.41, 5.74) is 1.55. The van der Waals surface area contributed by atoms with E-state index in [0.29, 0.717) is 28.2 Å². The van der Waals surface area contributed by atoms with Crippen LogP contribution in [-0.4, -0.2) is 6.61 Å². The minimum Gasteiger partial charge on any atom is -0.492 e. The molecule has 0 atom stereocenters. The molecule has 6 heteroatoms. The summed E-state index contributed by atoms with van der Waals surface area (Å²) in [6.45, 7) is 2.69. The average Bonchev–Trinajstić information content (AvgIpc) is 2.75. The van der Waals surface area contributed by atoms with Crippen LogP contribution in [-0.2, 0) is 0 Å². The standard InChI is InChI=1S/C26H15Br3O3/c1-2-3-4-32-26-18-9-12(28)7-16-21(18)23-20-14(24(16)30)5-11(27)6-15(20)25(31)17-8-13(29)10-19(26)22(17)23/h5-10H,2-4H2,1H3. The molecule has 0 radical (unpaired) electrons. The fourth-order valence-electron chi connectivity index (χ4n) is 4.99. The van der Waals surface area contributed by atoms with Crippen LogP contribution in [0.5, 0.6) is 5.75 Å². The van der Waals surface area contributed by atoms with Gasteiger partial charge in [0.25, 0.3) is 0 Å². The van der Waals surface area contributed by atoms with Gasteiger partial charge >= 0.3 is 0 Å². The van der Waals surface area contributed by atoms with Crippen LogP contribution in [0.1, 0.15) is 19.8 Å². The Morgan fingerprint density at radius 1 is 0.656 bits per heavy atom. The highest BCUT2D eigenvalue weighted by Crippen LogP contribution is 2.51. The lowest BCUT2D eigenvalue weighted by Gasteiger charge is -2.24. The van der Waals surface area contributed by atoms with Crippen LogP contribution >= 0.6 is 47.8 Å². The highest BCUT2D eigenvalue weighted by molar-refractivity contribution is 9.11. The predicted octanol–water partition coefficient (Wildman–Crippen LogP) is 7.90. The monoisotopic (exact) mass is 612 g/mol. The molecular formula is C26H15Br3O3. The number of hydrogen-bond acceptors (Lipinski definition) is 3. The van der Waals surface area contributed by atoms with Crippen molar-refractivity contribution < 1.29 is 4.74 Å². The number of rotatable bonds is 4. The molecule has 2 aliphatic carbocycles. The van der Waals surface area contributed by atoms with Crippen molar-refractivity contribution in [3.05, 3.63) is 70.3 Å². The van der Waals surface area contributed by atoms with Gasteiger partial charge in [0, 0.05) is 67.6 Å². The van der Waals surface area contributed by atoms with Crippen LogP contribution in [0.4, 0.5) is 0 Å². The molecule has 32 heavy (non-hydrogen) atoms. The third kappa shape index (κ3) is 2.69. The number of hydrogen-bond donors (Lipinski definition) is 0. The van der Waals surface area contributed by atoms with Gasteiger partial charge in [0.05, 0.1) is 6.61 Å². The Morgan fingerprint density at radius 2 is 1.09 bits per heavy atom. The first-order chi connectivity index (χ1) is 15.4. The van der Waals surface area contributed by atoms with Gasteiger partial charge in [-0.15, -0.1) is 0 Å². The fourth-order valence-corrected chi connectivity index (χ4v) is 6.36. The first-order valence-electron chi connectivity index (χ1n) is 10.4. The minimum atomic E-state index is -0.0754. The second-order valence-corrected chi connectivity index (χ2v) is 10.9. The van der Waals surface area contributed by atoms with E-state index in [1.54, 1.807) is 0 Å². The van der Waals surface area contributed by atoms with Crippen LogP contribution in [0.2, 0.25) is 0 Å². The Morgan fingerprint density at radius 3 is 1.56 bits per heavy atom. The lowest BCUT2D eigenvalue weighted by molar-refractivity contribution is 0.316. The maximum absolute atomic E-state index is 13.6. The largest absolute Gasteiger partial charge is 0.492 e. The number of halogens is 3. The highest BCUT2D eigenvalue weighted by atomic mass is 79.9. The fraction of sp³-hybridized carbons (Fsp3) is 0.154. The van der Waals surface area contributed by atoms with Crippen LogP contribution in [0, 0.1) is 0 Å². The first kappa shape index (κ1) is 20.6. The summed E-state index contributed by atoms with van der Waals surface area (Å²) in [4.78, 5) is 27.3. The quantitative estimate of drug-likeness (QED) is 0.115. The molecule has 4 aromatic rings. The van der Waals surface area contributed by atoms with E-state index >= 15 is 0 Å². The molecule has 0 aliphatic heterocycles. The maximum atomic E-state index is 13.6. The van der Waals surface area contributed by atoms with Gasteiger partial charge in [-0.25, -0.2) is 0 Å². The predicted molar refractivity (Wildman–Crippen MR) is 143 cm³/mol. The Bertz CT molecular complexity index is 1640. The van der Waals surface area contributed by atoms with Crippen molar-refractivity contribution in [1.82, 2.24) is 0 Å². The molecule has 4 aromatic carbocycles. The van der Waals surface area contributed by atoms with Crippen molar-refractivity contribution >= 4 is 90.9 Å². The second kappa shape index (κ2) is 7.24. The molecule has 0 amide bonds. The van der Waals surface area contributed by atoms with Gasteiger partial charge in [-0.2, -0.15) is 0 Å². The Balaban J connectivity index is 2.00. The number of benzene rings is 6. The molecule has 0 fully saturated rings. The van der Waals surface area contributed by atoms with Crippen molar-refractivity contribution in [2.75, 3.05) is 6.61 Å². The Hall–Kier alpha value is -2.02. The second-order valence-electron chi connectivity index (χ2n) is 8.19. The van der Waals surface area contributed by atoms with E-state index in [-0.39, 0.29) is 10.9 Å². The summed E-state index contributed by atoms with van der Waals surface area (Å²) in [6, 6.07) is 11.4. The molecule has 0 saturated carbocycles. The Labute approximate surface area is 208 Å². The lowest BCUT2D eigenvalue weighted by Crippen LogP contribution is -2.14. The summed E-state index contributed by atoms with van der Waals surface area (Å²) >= 11 is 10.7. The van der Waals surface area contributed by atoms with E-state index in [1.165, 1.54) is 0 Å². The summed E-state index contributed by atoms with van der Waals surface area (Å²) in [5, 5.41) is 5.89. The third-order valence-electron chi connectivity index (χ3n) is 6.27. The van der Waals surface area contributed by atoms with Gasteiger partial charge in [0.1, 0.15) is 5.75 Å². The molecular weight excluding hydrogens is 600 g/mol. The normalized spacial score (nSPS) is 12.4. The molecule has 0 aromatic heterocycles. The van der Waals surface area contributed by atoms with Crippen molar-refractivity contribution in [2.45, 2.75) is 19.8 Å². The van der Waals surface area contributed by atoms with Crippen LogP contribution in [0.25, 0.3) is 54.2 Å². The zero-order valence-corrected chi connectivity index (χ0v) is 21.7. The van der Waals surface area contributed by atoms with E-state index < -0.39 is 0 Å². The van der Waals surface area contributed by atoms with Crippen molar-refractivity contribution in [1.29, 1.82) is 0 Å². The van der Waals surface area contributed by atoms with Crippen LogP contribution < -0.4 is 15.6 Å². The van der Waals surface area contributed by atoms with E-state index in [2.05, 4.69) is 54.7 Å². The summed E-state index contributed by atoms with van der Waals surface area (Å²) in [5.74, 6) is 0.724. The summed E-state index contributed by atoms with van der Waals surface area (Å²) in [7, 11) is 0. The maximum Gasteiger partial charge on any atom is 0.194 e. The molecule has 3 nitrogen and oxygen atoms in total. The van der Waals surface area contributed by atoms with Gasteiger partial charge in [0.15, 0.2) is 10.9 Å². The van der Waals surface area contributed by atoms with Crippen LogP contribution in [0.15, 0.2) is 59.4 Å². The topological polar surface area (TPSA) is 43.4 Å². The van der Waals surface area contributed by atoms with E-state index in [0.717, 1.165) is 64.7 Å². The molecule has 0 N–H and O–H groups in total. The third-order valence-corrected chi connectivity index (χ3v) is 7.64.